The number of hydrogen-bond acceptors (Lipinski definition) is 5. The topological polar surface area (TPSA) is 60.9 Å². The normalized spacial score (nSPS) is 20.2. The van der Waals surface area contributed by atoms with Crippen molar-refractivity contribution in [2.24, 2.45) is 0 Å². The van der Waals surface area contributed by atoms with E-state index in [1.54, 1.807) is 18.2 Å². The molecule has 138 valence electrons. The third kappa shape index (κ3) is 3.86. The van der Waals surface area contributed by atoms with Crippen LogP contribution in [-0.2, 0) is 10.0 Å². The average molecular weight is 384 g/mol. The Bertz CT molecular complexity index is 738. The van der Waals surface area contributed by atoms with Crippen molar-refractivity contribution in [2.45, 2.75) is 22.6 Å². The van der Waals surface area contributed by atoms with Crippen LogP contribution in [0, 0.1) is 0 Å². The summed E-state index contributed by atoms with van der Waals surface area (Å²) in [5.74, 6) is -0.0581. The smallest absolute Gasteiger partial charge is 0.255 e. The molecule has 1 aromatic carbocycles. The number of likely N-dealkylation sites (N-methyl/N-ethyl adjacent to an activating group) is 1. The van der Waals surface area contributed by atoms with Gasteiger partial charge >= 0.3 is 0 Å². The van der Waals surface area contributed by atoms with Crippen molar-refractivity contribution in [1.29, 1.82) is 0 Å². The molecule has 6 nitrogen and oxygen atoms in total. The molecule has 0 aliphatic carbocycles. The molecule has 0 spiro atoms. The first-order valence-corrected chi connectivity index (χ1v) is 11.3. The van der Waals surface area contributed by atoms with Crippen LogP contribution in [0.4, 0.5) is 0 Å². The Morgan fingerprint density at radius 3 is 2.28 bits per heavy atom. The van der Waals surface area contributed by atoms with Crippen LogP contribution in [0.5, 0.6) is 0 Å². The van der Waals surface area contributed by atoms with Crippen molar-refractivity contribution in [2.75, 3.05) is 52.6 Å². The van der Waals surface area contributed by atoms with Crippen molar-refractivity contribution >= 4 is 27.7 Å². The van der Waals surface area contributed by atoms with Crippen LogP contribution in [0.1, 0.15) is 23.2 Å². The van der Waals surface area contributed by atoms with Gasteiger partial charge in [0, 0.05) is 44.2 Å². The van der Waals surface area contributed by atoms with E-state index in [2.05, 4.69) is 4.90 Å². The number of carbonyl (C=O) groups is 1. The number of carbonyl (C=O) groups excluding carboxylic acids is 1. The van der Waals surface area contributed by atoms with Gasteiger partial charge in [0.05, 0.1) is 10.5 Å². The second kappa shape index (κ2) is 7.65. The Kier molecular flexibility index (Phi) is 5.72. The van der Waals surface area contributed by atoms with Crippen molar-refractivity contribution in [3.63, 3.8) is 0 Å². The second-order valence-electron chi connectivity index (χ2n) is 6.57. The predicted octanol–water partition coefficient (Wildman–Crippen LogP) is 1.58. The minimum Gasteiger partial charge on any atom is -0.339 e. The first-order valence-electron chi connectivity index (χ1n) is 8.59. The standard InChI is InChI=1S/C17H25N3O3S2/c1-18-9-11-20(12-10-18)25(22,23)14-5-6-16(24-2)15(13-14)17(21)19-7-3-4-8-19/h5-6,13H,3-4,7-12H2,1-2H3. The lowest BCUT2D eigenvalue weighted by Gasteiger charge is -2.31. The van der Waals surface area contributed by atoms with Gasteiger partial charge < -0.3 is 9.80 Å². The minimum absolute atomic E-state index is 0.0581. The van der Waals surface area contributed by atoms with Crippen molar-refractivity contribution in [3.8, 4) is 0 Å². The molecule has 2 heterocycles. The highest BCUT2D eigenvalue weighted by molar-refractivity contribution is 7.98. The van der Waals surface area contributed by atoms with Gasteiger partial charge in [0.2, 0.25) is 10.0 Å². The minimum atomic E-state index is -3.56. The molecule has 0 radical (unpaired) electrons. The lowest BCUT2D eigenvalue weighted by atomic mass is 10.2. The highest BCUT2D eigenvalue weighted by Crippen LogP contribution is 2.28. The zero-order valence-electron chi connectivity index (χ0n) is 14.8. The lowest BCUT2D eigenvalue weighted by molar-refractivity contribution is 0.0789. The third-order valence-electron chi connectivity index (χ3n) is 4.89. The van der Waals surface area contributed by atoms with Gasteiger partial charge in [0.15, 0.2) is 0 Å². The van der Waals surface area contributed by atoms with E-state index in [1.807, 2.05) is 18.2 Å². The van der Waals surface area contributed by atoms with Crippen LogP contribution in [0.15, 0.2) is 28.0 Å². The molecule has 0 N–H and O–H groups in total. The molecule has 0 bridgehead atoms. The zero-order valence-corrected chi connectivity index (χ0v) is 16.4. The maximum Gasteiger partial charge on any atom is 0.255 e. The number of amides is 1. The first-order chi connectivity index (χ1) is 11.9. The van der Waals surface area contributed by atoms with Gasteiger partial charge in [-0.25, -0.2) is 8.42 Å². The van der Waals surface area contributed by atoms with E-state index >= 15 is 0 Å². The first kappa shape index (κ1) is 18.7. The summed E-state index contributed by atoms with van der Waals surface area (Å²) in [4.78, 5) is 17.8. The van der Waals surface area contributed by atoms with Crippen LogP contribution in [0.25, 0.3) is 0 Å². The van der Waals surface area contributed by atoms with Crippen molar-refractivity contribution < 1.29 is 13.2 Å². The Hall–Kier alpha value is -1.09. The van der Waals surface area contributed by atoms with Gasteiger partial charge in [-0.05, 0) is 44.3 Å². The van der Waals surface area contributed by atoms with Gasteiger partial charge in [0.1, 0.15) is 0 Å². The number of rotatable bonds is 4. The van der Waals surface area contributed by atoms with Crippen LogP contribution in [-0.4, -0.2) is 81.0 Å². The lowest BCUT2D eigenvalue weighted by Crippen LogP contribution is -2.47. The van der Waals surface area contributed by atoms with E-state index in [1.165, 1.54) is 16.1 Å². The summed E-state index contributed by atoms with van der Waals surface area (Å²) in [5.41, 5.74) is 0.504. The summed E-state index contributed by atoms with van der Waals surface area (Å²) in [6.45, 7) is 3.92. The van der Waals surface area contributed by atoms with E-state index in [0.717, 1.165) is 43.9 Å². The van der Waals surface area contributed by atoms with E-state index in [9.17, 15) is 13.2 Å². The summed E-state index contributed by atoms with van der Waals surface area (Å²) in [7, 11) is -1.57. The summed E-state index contributed by atoms with van der Waals surface area (Å²) in [6, 6.07) is 4.96. The third-order valence-corrected chi connectivity index (χ3v) is 7.59. The Morgan fingerprint density at radius 2 is 1.68 bits per heavy atom. The molecule has 2 aliphatic heterocycles. The van der Waals surface area contributed by atoms with Gasteiger partial charge in [-0.3, -0.25) is 4.79 Å². The molecule has 0 aromatic heterocycles. The number of sulfonamides is 1. The van der Waals surface area contributed by atoms with Gasteiger partial charge in [-0.15, -0.1) is 11.8 Å². The quantitative estimate of drug-likeness (QED) is 0.739. The fraction of sp³-hybridized carbons (Fsp3) is 0.588. The number of likely N-dealkylation sites (tertiary alicyclic amines) is 1. The highest BCUT2D eigenvalue weighted by atomic mass is 32.2. The molecule has 0 atom stereocenters. The van der Waals surface area contributed by atoms with E-state index in [4.69, 9.17) is 0 Å². The van der Waals surface area contributed by atoms with Gasteiger partial charge in [-0.2, -0.15) is 4.31 Å². The Labute approximate surface area is 154 Å². The fourth-order valence-electron chi connectivity index (χ4n) is 3.28. The number of thioether (sulfide) groups is 1. The molecule has 3 rings (SSSR count). The summed E-state index contributed by atoms with van der Waals surface area (Å²) < 4.78 is 27.4. The predicted molar refractivity (Wildman–Crippen MR) is 99.6 cm³/mol. The van der Waals surface area contributed by atoms with Gasteiger partial charge in [-0.1, -0.05) is 0 Å². The molecule has 2 aliphatic rings. The van der Waals surface area contributed by atoms with E-state index in [0.29, 0.717) is 18.7 Å². The Balaban J connectivity index is 1.91. The maximum atomic E-state index is 13.0. The summed E-state index contributed by atoms with van der Waals surface area (Å²) >= 11 is 1.48. The molecule has 2 fully saturated rings. The van der Waals surface area contributed by atoms with Crippen LogP contribution < -0.4 is 0 Å². The number of benzene rings is 1. The summed E-state index contributed by atoms with van der Waals surface area (Å²) in [5, 5.41) is 0. The van der Waals surface area contributed by atoms with Gasteiger partial charge in [0.25, 0.3) is 5.91 Å². The molecule has 8 heteroatoms. The zero-order chi connectivity index (χ0) is 18.0. The average Bonchev–Trinajstić information content (AvgIpc) is 3.15. The van der Waals surface area contributed by atoms with Crippen molar-refractivity contribution in [3.05, 3.63) is 23.8 Å². The maximum absolute atomic E-state index is 13.0. The van der Waals surface area contributed by atoms with E-state index < -0.39 is 10.0 Å². The van der Waals surface area contributed by atoms with Crippen LogP contribution in [0.3, 0.4) is 0 Å². The number of hydrogen-bond donors (Lipinski definition) is 0. The second-order valence-corrected chi connectivity index (χ2v) is 9.35. The molecule has 0 unspecified atom stereocenters. The molecule has 2 saturated heterocycles. The van der Waals surface area contributed by atoms with Crippen molar-refractivity contribution in [1.82, 2.24) is 14.1 Å². The molecular formula is C17H25N3O3S2. The molecule has 25 heavy (non-hydrogen) atoms. The van der Waals surface area contributed by atoms with Crippen LogP contribution >= 0.6 is 11.8 Å². The molecule has 0 saturated carbocycles. The van der Waals surface area contributed by atoms with Crippen LogP contribution in [0.2, 0.25) is 0 Å². The largest absolute Gasteiger partial charge is 0.339 e. The molecule has 1 amide bonds. The Morgan fingerprint density at radius 1 is 1.04 bits per heavy atom. The number of piperazine rings is 1. The summed E-state index contributed by atoms with van der Waals surface area (Å²) in [6.07, 6.45) is 3.93. The molecule has 1 aromatic rings. The SMILES string of the molecule is CSc1ccc(S(=O)(=O)N2CCN(C)CC2)cc1C(=O)N1CCCC1. The highest BCUT2D eigenvalue weighted by Gasteiger charge is 2.29. The fourth-order valence-corrected chi connectivity index (χ4v) is 5.30. The molecular weight excluding hydrogens is 358 g/mol. The monoisotopic (exact) mass is 383 g/mol. The van der Waals surface area contributed by atoms with E-state index in [-0.39, 0.29) is 10.8 Å². The number of nitrogens with zero attached hydrogens (tertiary/aromatic N) is 3.